The van der Waals surface area contributed by atoms with Crippen LogP contribution >= 0.6 is 11.3 Å². The number of carbonyl (C=O) groups excluding carboxylic acids is 1. The van der Waals surface area contributed by atoms with Crippen LogP contribution in [0.5, 0.6) is 5.75 Å². The molecule has 0 aliphatic carbocycles. The minimum absolute atomic E-state index is 0.00926. The van der Waals surface area contributed by atoms with Crippen LogP contribution in [-0.4, -0.2) is 28.6 Å². The Morgan fingerprint density at radius 1 is 1.10 bits per heavy atom. The van der Waals surface area contributed by atoms with E-state index in [1.165, 1.54) is 16.9 Å². The number of aromatic nitrogens is 2. The van der Waals surface area contributed by atoms with Gasteiger partial charge in [-0.25, -0.2) is 4.98 Å². The molecule has 154 valence electrons. The third-order valence-electron chi connectivity index (χ3n) is 4.95. The Kier molecular flexibility index (Phi) is 6.44. The number of amides is 1. The van der Waals surface area contributed by atoms with Gasteiger partial charge in [0, 0.05) is 13.0 Å². The first-order valence-corrected chi connectivity index (χ1v) is 11.0. The molecule has 0 saturated carbocycles. The zero-order valence-corrected chi connectivity index (χ0v) is 17.8. The second-order valence-corrected chi connectivity index (χ2v) is 8.11. The quantitative estimate of drug-likeness (QED) is 0.395. The maximum Gasteiger partial charge on any atom is 0.261 e. The molecule has 0 spiro atoms. The van der Waals surface area contributed by atoms with Gasteiger partial charge in [-0.15, -0.1) is 11.3 Å². The van der Waals surface area contributed by atoms with E-state index in [1.807, 2.05) is 47.8 Å². The first-order valence-electron chi connectivity index (χ1n) is 10.2. The van der Waals surface area contributed by atoms with E-state index in [9.17, 15) is 4.79 Å². The zero-order valence-electron chi connectivity index (χ0n) is 17.0. The molecule has 4 aromatic rings. The number of nitrogens with one attached hydrogen (secondary N) is 1. The smallest absolute Gasteiger partial charge is 0.261 e. The lowest BCUT2D eigenvalue weighted by Crippen LogP contribution is -2.24. The van der Waals surface area contributed by atoms with E-state index in [0.717, 1.165) is 46.9 Å². The molecule has 0 bridgehead atoms. The highest BCUT2D eigenvalue weighted by Crippen LogP contribution is 2.18. The Bertz CT molecular complexity index is 1100. The molecule has 30 heavy (non-hydrogen) atoms. The summed E-state index contributed by atoms with van der Waals surface area (Å²) in [5, 5.41) is 4.90. The molecular weight excluding hydrogens is 394 g/mol. The lowest BCUT2D eigenvalue weighted by molar-refractivity contribution is 0.0957. The standard InChI is InChI=1S/C24H25N3O2S/c1-18-10-12-19(13-11-18)29-16-15-27-21-7-3-2-6-20(21)26-23(27)9-4-14-25-24(28)22-8-5-17-30-22/h2-3,5-8,10-13,17H,4,9,14-16H2,1H3,(H,25,28). The van der Waals surface area contributed by atoms with Gasteiger partial charge in [0.2, 0.25) is 0 Å². The number of para-hydroxylation sites is 2. The van der Waals surface area contributed by atoms with Crippen LogP contribution in [0.4, 0.5) is 0 Å². The monoisotopic (exact) mass is 419 g/mol. The van der Waals surface area contributed by atoms with Crippen molar-refractivity contribution in [1.82, 2.24) is 14.9 Å². The highest BCUT2D eigenvalue weighted by molar-refractivity contribution is 7.12. The highest BCUT2D eigenvalue weighted by atomic mass is 32.1. The second kappa shape index (κ2) is 9.59. The molecule has 0 fully saturated rings. The van der Waals surface area contributed by atoms with Gasteiger partial charge in [0.1, 0.15) is 18.2 Å². The van der Waals surface area contributed by atoms with Crippen molar-refractivity contribution in [1.29, 1.82) is 0 Å². The number of hydrogen-bond donors (Lipinski definition) is 1. The summed E-state index contributed by atoms with van der Waals surface area (Å²) in [6.07, 6.45) is 1.63. The molecule has 0 aliphatic rings. The van der Waals surface area contributed by atoms with Crippen LogP contribution in [0.3, 0.4) is 0 Å². The summed E-state index contributed by atoms with van der Waals surface area (Å²) < 4.78 is 8.16. The molecule has 4 rings (SSSR count). The van der Waals surface area contributed by atoms with Gasteiger partial charge >= 0.3 is 0 Å². The van der Waals surface area contributed by atoms with E-state index in [-0.39, 0.29) is 5.91 Å². The van der Waals surface area contributed by atoms with Crippen molar-refractivity contribution in [3.05, 3.63) is 82.3 Å². The van der Waals surface area contributed by atoms with Crippen LogP contribution in [0.2, 0.25) is 0 Å². The number of thiophene rings is 1. The molecule has 2 heterocycles. The molecule has 2 aromatic carbocycles. The number of ether oxygens (including phenoxy) is 1. The number of fused-ring (bicyclic) bond motifs is 1. The molecule has 1 amide bonds. The third-order valence-corrected chi connectivity index (χ3v) is 5.81. The van der Waals surface area contributed by atoms with Crippen molar-refractivity contribution in [3.8, 4) is 5.75 Å². The minimum atomic E-state index is -0.00926. The van der Waals surface area contributed by atoms with E-state index >= 15 is 0 Å². The van der Waals surface area contributed by atoms with Gasteiger partial charge in [0.05, 0.1) is 22.5 Å². The molecule has 0 atom stereocenters. The molecule has 0 unspecified atom stereocenters. The van der Waals surface area contributed by atoms with Crippen molar-refractivity contribution in [2.75, 3.05) is 13.2 Å². The summed E-state index contributed by atoms with van der Waals surface area (Å²) >= 11 is 1.46. The fourth-order valence-corrected chi connectivity index (χ4v) is 4.04. The summed E-state index contributed by atoms with van der Waals surface area (Å²) in [5.74, 6) is 1.89. The molecule has 0 aliphatic heterocycles. The number of benzene rings is 2. The van der Waals surface area contributed by atoms with Gasteiger partial charge in [0.25, 0.3) is 5.91 Å². The summed E-state index contributed by atoms with van der Waals surface area (Å²) in [5.41, 5.74) is 3.32. The third kappa shape index (κ3) is 4.89. The van der Waals surface area contributed by atoms with Crippen molar-refractivity contribution in [3.63, 3.8) is 0 Å². The summed E-state index contributed by atoms with van der Waals surface area (Å²) in [4.78, 5) is 17.6. The van der Waals surface area contributed by atoms with Gasteiger partial charge in [0.15, 0.2) is 0 Å². The van der Waals surface area contributed by atoms with Crippen LogP contribution in [-0.2, 0) is 13.0 Å². The number of hydrogen-bond acceptors (Lipinski definition) is 4. The summed E-state index contributed by atoms with van der Waals surface area (Å²) in [6.45, 7) is 3.99. The van der Waals surface area contributed by atoms with Crippen LogP contribution in [0.15, 0.2) is 66.0 Å². The van der Waals surface area contributed by atoms with E-state index in [4.69, 9.17) is 9.72 Å². The first kappa shape index (κ1) is 20.2. The SMILES string of the molecule is Cc1ccc(OCCn2c(CCCNC(=O)c3cccs3)nc3ccccc32)cc1. The minimum Gasteiger partial charge on any atom is -0.492 e. The van der Waals surface area contributed by atoms with Crippen molar-refractivity contribution in [2.45, 2.75) is 26.3 Å². The number of imidazole rings is 1. The summed E-state index contributed by atoms with van der Waals surface area (Å²) in [7, 11) is 0. The molecule has 2 aromatic heterocycles. The van der Waals surface area contributed by atoms with Gasteiger partial charge in [-0.2, -0.15) is 0 Å². The maximum absolute atomic E-state index is 12.1. The number of rotatable bonds is 9. The Balaban J connectivity index is 1.37. The van der Waals surface area contributed by atoms with E-state index in [2.05, 4.69) is 35.0 Å². The predicted octanol–water partition coefficient (Wildman–Crippen LogP) is 4.85. The number of nitrogens with zero attached hydrogens (tertiary/aromatic N) is 2. The molecule has 5 nitrogen and oxygen atoms in total. The van der Waals surface area contributed by atoms with E-state index in [0.29, 0.717) is 13.2 Å². The largest absolute Gasteiger partial charge is 0.492 e. The topological polar surface area (TPSA) is 56.1 Å². The Morgan fingerprint density at radius 2 is 1.93 bits per heavy atom. The fourth-order valence-electron chi connectivity index (χ4n) is 3.40. The van der Waals surface area contributed by atoms with Gasteiger partial charge in [-0.1, -0.05) is 35.9 Å². The van der Waals surface area contributed by atoms with Crippen molar-refractivity contribution in [2.24, 2.45) is 0 Å². The van der Waals surface area contributed by atoms with Crippen LogP contribution < -0.4 is 10.1 Å². The molecule has 0 radical (unpaired) electrons. The van der Waals surface area contributed by atoms with Crippen LogP contribution in [0, 0.1) is 6.92 Å². The zero-order chi connectivity index (χ0) is 20.8. The number of carbonyl (C=O) groups is 1. The van der Waals surface area contributed by atoms with Crippen LogP contribution in [0.25, 0.3) is 11.0 Å². The van der Waals surface area contributed by atoms with E-state index in [1.54, 1.807) is 0 Å². The van der Waals surface area contributed by atoms with Gasteiger partial charge in [-0.05, 0) is 49.1 Å². The van der Waals surface area contributed by atoms with Crippen LogP contribution in [0.1, 0.15) is 27.5 Å². The normalized spacial score (nSPS) is 11.0. The fraction of sp³-hybridized carbons (Fsp3) is 0.250. The molecule has 6 heteroatoms. The van der Waals surface area contributed by atoms with Gasteiger partial charge < -0.3 is 14.6 Å². The molecule has 0 saturated heterocycles. The molecular formula is C24H25N3O2S. The molecule has 1 N–H and O–H groups in total. The number of aryl methyl sites for hydroxylation is 2. The first-order chi connectivity index (χ1) is 14.7. The lowest BCUT2D eigenvalue weighted by atomic mass is 10.2. The Hall–Kier alpha value is -3.12. The maximum atomic E-state index is 12.1. The average molecular weight is 420 g/mol. The van der Waals surface area contributed by atoms with Gasteiger partial charge in [-0.3, -0.25) is 4.79 Å². The van der Waals surface area contributed by atoms with Crippen molar-refractivity contribution >= 4 is 28.3 Å². The second-order valence-electron chi connectivity index (χ2n) is 7.17. The van der Waals surface area contributed by atoms with E-state index < -0.39 is 0 Å². The average Bonchev–Trinajstić information content (AvgIpc) is 3.41. The van der Waals surface area contributed by atoms with Crippen molar-refractivity contribution < 1.29 is 9.53 Å². The lowest BCUT2D eigenvalue weighted by Gasteiger charge is -2.11. The summed E-state index contributed by atoms with van der Waals surface area (Å²) in [6, 6.07) is 20.0. The highest BCUT2D eigenvalue weighted by Gasteiger charge is 2.11. The predicted molar refractivity (Wildman–Crippen MR) is 121 cm³/mol. The Morgan fingerprint density at radius 3 is 2.73 bits per heavy atom. The Labute approximate surface area is 180 Å².